The quantitative estimate of drug-likeness (QED) is 0.393. The summed E-state index contributed by atoms with van der Waals surface area (Å²) in [4.78, 5) is 36.2. The van der Waals surface area contributed by atoms with Gasteiger partial charge < -0.3 is 10.1 Å². The van der Waals surface area contributed by atoms with Crippen LogP contribution in [0.2, 0.25) is 0 Å². The Hall–Kier alpha value is -2.57. The minimum Gasteiger partial charge on any atom is -0.393 e. The van der Waals surface area contributed by atoms with Gasteiger partial charge in [-0.15, -0.1) is 0 Å². The number of nitro groups is 1. The van der Waals surface area contributed by atoms with Crippen molar-refractivity contribution < 1.29 is 18.6 Å². The molecule has 1 aromatic carbocycles. The maximum atomic E-state index is 12.7. The van der Waals surface area contributed by atoms with Crippen molar-refractivity contribution in [3.63, 3.8) is 0 Å². The smallest absolute Gasteiger partial charge is 0.377 e. The fourth-order valence-corrected chi connectivity index (χ4v) is 4.23. The molecule has 2 heterocycles. The van der Waals surface area contributed by atoms with E-state index < -0.39 is 32.3 Å². The van der Waals surface area contributed by atoms with Crippen LogP contribution in [0.3, 0.4) is 0 Å². The molecule has 134 valence electrons. The van der Waals surface area contributed by atoms with Gasteiger partial charge in [0.2, 0.25) is 10.0 Å². The van der Waals surface area contributed by atoms with Gasteiger partial charge in [0.1, 0.15) is 5.52 Å². The van der Waals surface area contributed by atoms with Crippen molar-refractivity contribution in [3.05, 3.63) is 49.0 Å². The van der Waals surface area contributed by atoms with E-state index in [1.165, 1.54) is 4.31 Å². The summed E-state index contributed by atoms with van der Waals surface area (Å²) in [6.45, 7) is 0.291. The molecule has 0 aliphatic carbocycles. The number of aromatic nitrogens is 2. The molecule has 1 aliphatic rings. The zero-order valence-electron chi connectivity index (χ0n) is 12.8. The fourth-order valence-electron chi connectivity index (χ4n) is 2.74. The molecule has 11 nitrogen and oxygen atoms in total. The zero-order chi connectivity index (χ0) is 18.4. The van der Waals surface area contributed by atoms with Crippen LogP contribution in [0.15, 0.2) is 32.7 Å². The highest BCUT2D eigenvalue weighted by Crippen LogP contribution is 2.23. The van der Waals surface area contributed by atoms with Crippen molar-refractivity contribution >= 4 is 21.1 Å². The largest absolute Gasteiger partial charge is 0.393 e. The second kappa shape index (κ2) is 6.06. The number of sulfonamides is 1. The molecule has 1 fully saturated rings. The van der Waals surface area contributed by atoms with Gasteiger partial charge in [-0.1, -0.05) is 0 Å². The minimum atomic E-state index is -3.89. The molecule has 25 heavy (non-hydrogen) atoms. The molecule has 3 rings (SSSR count). The molecular weight excluding hydrogens is 356 g/mol. The predicted molar refractivity (Wildman–Crippen MR) is 85.2 cm³/mol. The van der Waals surface area contributed by atoms with Crippen molar-refractivity contribution in [2.45, 2.75) is 23.8 Å². The molecule has 2 N–H and O–H groups in total. The van der Waals surface area contributed by atoms with E-state index in [9.17, 15) is 33.2 Å². The van der Waals surface area contributed by atoms with Gasteiger partial charge in [-0.2, -0.15) is 4.31 Å². The molecule has 1 saturated heterocycles. The van der Waals surface area contributed by atoms with Gasteiger partial charge in [-0.05, 0) is 35.7 Å². The number of hydrogen-bond acceptors (Lipinski definition) is 7. The summed E-state index contributed by atoms with van der Waals surface area (Å²) < 4.78 is 26.6. The van der Waals surface area contributed by atoms with Crippen LogP contribution in [0, 0.1) is 10.1 Å². The lowest BCUT2D eigenvalue weighted by Gasteiger charge is -2.28. The van der Waals surface area contributed by atoms with Crippen LogP contribution in [-0.4, -0.2) is 51.7 Å². The van der Waals surface area contributed by atoms with Crippen LogP contribution in [0.25, 0.3) is 11.0 Å². The average molecular weight is 370 g/mol. The Morgan fingerprint density at radius 3 is 2.48 bits per heavy atom. The van der Waals surface area contributed by atoms with E-state index >= 15 is 0 Å². The maximum absolute atomic E-state index is 12.7. The average Bonchev–Trinajstić information content (AvgIpc) is 2.55. The van der Waals surface area contributed by atoms with Crippen LogP contribution in [0.5, 0.6) is 0 Å². The van der Waals surface area contributed by atoms with Gasteiger partial charge in [0.25, 0.3) is 0 Å². The Kier molecular flexibility index (Phi) is 4.18. The highest BCUT2D eigenvalue weighted by atomic mass is 32.2. The number of aromatic amines is 1. The Morgan fingerprint density at radius 2 is 1.88 bits per heavy atom. The number of fused-ring (bicyclic) bond motifs is 1. The van der Waals surface area contributed by atoms with Gasteiger partial charge in [-0.3, -0.25) is 9.59 Å². The highest BCUT2D eigenvalue weighted by molar-refractivity contribution is 7.89. The van der Waals surface area contributed by atoms with Crippen LogP contribution in [0.1, 0.15) is 12.8 Å². The normalized spacial score (nSPS) is 17.0. The first-order chi connectivity index (χ1) is 11.7. The van der Waals surface area contributed by atoms with Crippen molar-refractivity contribution in [2.75, 3.05) is 13.1 Å². The Morgan fingerprint density at radius 1 is 1.24 bits per heavy atom. The molecule has 0 amide bonds. The monoisotopic (exact) mass is 370 g/mol. The summed E-state index contributed by atoms with van der Waals surface area (Å²) in [6.07, 6.45) is 0.0728. The summed E-state index contributed by atoms with van der Waals surface area (Å²) >= 11 is 0. The first-order valence-corrected chi connectivity index (χ1v) is 8.78. The van der Waals surface area contributed by atoms with Crippen molar-refractivity contribution in [3.8, 4) is 0 Å². The molecule has 2 aromatic rings. The van der Waals surface area contributed by atoms with Gasteiger partial charge in [-0.25, -0.2) is 18.5 Å². The summed E-state index contributed by atoms with van der Waals surface area (Å²) in [6, 6.07) is 3.32. The number of hydrogen-bond donors (Lipinski definition) is 2. The number of rotatable bonds is 3. The number of H-pyrrole nitrogens is 1. The molecule has 0 radical (unpaired) electrons. The van der Waals surface area contributed by atoms with Crippen LogP contribution in [0.4, 0.5) is 0 Å². The third-order valence-electron chi connectivity index (χ3n) is 4.06. The fraction of sp³-hybridized carbons (Fsp3) is 0.385. The Labute approximate surface area is 140 Å². The Balaban J connectivity index is 2.13. The number of aliphatic hydroxyl groups excluding tert-OH is 1. The van der Waals surface area contributed by atoms with E-state index in [4.69, 9.17) is 0 Å². The second-order valence-corrected chi connectivity index (χ2v) is 7.56. The van der Waals surface area contributed by atoms with E-state index in [0.29, 0.717) is 12.8 Å². The molecule has 12 heteroatoms. The summed E-state index contributed by atoms with van der Waals surface area (Å²) in [5.41, 5.74) is -2.94. The zero-order valence-corrected chi connectivity index (χ0v) is 13.6. The number of nitrogens with one attached hydrogen (secondary N) is 1. The van der Waals surface area contributed by atoms with E-state index in [0.717, 1.165) is 18.2 Å². The van der Waals surface area contributed by atoms with E-state index in [1.807, 2.05) is 0 Å². The molecule has 0 spiro atoms. The van der Waals surface area contributed by atoms with E-state index in [2.05, 4.69) is 4.98 Å². The third kappa shape index (κ3) is 2.94. The van der Waals surface area contributed by atoms with Gasteiger partial charge in [0.05, 0.1) is 16.5 Å². The van der Waals surface area contributed by atoms with Gasteiger partial charge in [0.15, 0.2) is 5.03 Å². The molecular formula is C13H14N4O7S. The first kappa shape index (κ1) is 17.3. The third-order valence-corrected chi connectivity index (χ3v) is 5.95. The first-order valence-electron chi connectivity index (χ1n) is 7.34. The lowest BCUT2D eigenvalue weighted by molar-refractivity contribution is -0.540. The predicted octanol–water partition coefficient (Wildman–Crippen LogP) is -1.12. The molecule has 0 bridgehead atoms. The lowest BCUT2D eigenvalue weighted by Crippen LogP contribution is -2.40. The molecule has 0 atom stereocenters. The molecule has 0 saturated carbocycles. The number of piperidine rings is 1. The van der Waals surface area contributed by atoms with Gasteiger partial charge >= 0.3 is 11.1 Å². The summed E-state index contributed by atoms with van der Waals surface area (Å²) in [5, 5.41) is 19.5. The summed E-state index contributed by atoms with van der Waals surface area (Å²) in [5.74, 6) is 0. The molecule has 1 aliphatic heterocycles. The summed E-state index contributed by atoms with van der Waals surface area (Å²) in [7, 11) is -3.89. The SMILES string of the molecule is O=c1[nH]c2cc(S(=O)(=O)N3CCC(O)CC3)ccc2n([N+](=O)[O-])c1=O. The van der Waals surface area contributed by atoms with Gasteiger partial charge in [0, 0.05) is 13.1 Å². The van der Waals surface area contributed by atoms with Crippen molar-refractivity contribution in [1.29, 1.82) is 0 Å². The number of aliphatic hydroxyl groups is 1. The van der Waals surface area contributed by atoms with Crippen LogP contribution < -0.4 is 11.1 Å². The maximum Gasteiger partial charge on any atom is 0.377 e. The van der Waals surface area contributed by atoms with Crippen molar-refractivity contribution in [1.82, 2.24) is 14.0 Å². The van der Waals surface area contributed by atoms with Crippen molar-refractivity contribution in [2.24, 2.45) is 0 Å². The lowest BCUT2D eigenvalue weighted by atomic mass is 10.1. The number of nitrogens with zero attached hydrogens (tertiary/aromatic N) is 3. The van der Waals surface area contributed by atoms with E-state index in [1.54, 1.807) is 0 Å². The standard InChI is InChI=1S/C13H14N4O7S/c18-8-3-5-15(6-4-8)25(23,24)9-1-2-11-10(7-9)14-12(19)13(20)16(11)17(21)22/h1-2,7-8,18H,3-6H2,(H,14,19). The highest BCUT2D eigenvalue weighted by Gasteiger charge is 2.29. The molecule has 1 aromatic heterocycles. The topological polar surface area (TPSA) is 156 Å². The van der Waals surface area contributed by atoms with E-state index in [-0.39, 0.29) is 33.7 Å². The molecule has 0 unspecified atom stereocenters. The number of benzene rings is 1. The van der Waals surface area contributed by atoms with Crippen LogP contribution in [-0.2, 0) is 10.0 Å². The van der Waals surface area contributed by atoms with Crippen LogP contribution >= 0.6 is 0 Å². The minimum absolute atomic E-state index is 0.0712. The second-order valence-electron chi connectivity index (χ2n) is 5.62. The Bertz CT molecular complexity index is 1060.